The molecule has 0 radical (unpaired) electrons. The van der Waals surface area contributed by atoms with Gasteiger partial charge < -0.3 is 26.7 Å². The molecule has 0 bridgehead atoms. The average molecular weight is 476 g/mol. The second-order valence-electron chi connectivity index (χ2n) is 9.62. The number of amides is 2. The van der Waals surface area contributed by atoms with E-state index in [1.54, 1.807) is 19.9 Å². The lowest BCUT2D eigenvalue weighted by molar-refractivity contribution is -0.131. The Morgan fingerprint density at radius 3 is 2.69 bits per heavy atom. The summed E-state index contributed by atoms with van der Waals surface area (Å²) in [6, 6.07) is 11.9. The van der Waals surface area contributed by atoms with Gasteiger partial charge in [0.1, 0.15) is 0 Å². The Morgan fingerprint density at radius 1 is 1.17 bits per heavy atom. The number of para-hydroxylation sites is 1. The van der Waals surface area contributed by atoms with Gasteiger partial charge >= 0.3 is 0 Å². The van der Waals surface area contributed by atoms with Crippen molar-refractivity contribution in [1.29, 1.82) is 0 Å². The first kappa shape index (κ1) is 24.6. The number of ketones is 1. The lowest BCUT2D eigenvalue weighted by Crippen LogP contribution is -2.56. The summed E-state index contributed by atoms with van der Waals surface area (Å²) in [4.78, 5) is 42.3. The van der Waals surface area contributed by atoms with Crippen LogP contribution in [-0.2, 0) is 22.4 Å². The Bertz CT molecular complexity index is 1260. The summed E-state index contributed by atoms with van der Waals surface area (Å²) < 4.78 is 0. The van der Waals surface area contributed by atoms with E-state index in [0.717, 1.165) is 27.6 Å². The van der Waals surface area contributed by atoms with Crippen LogP contribution in [0.1, 0.15) is 53.9 Å². The quantitative estimate of drug-likeness (QED) is 0.341. The lowest BCUT2D eigenvalue weighted by atomic mass is 9.86. The third-order valence-corrected chi connectivity index (χ3v) is 6.41. The summed E-state index contributed by atoms with van der Waals surface area (Å²) in [6.45, 7) is 6.25. The number of carbonyl (C=O) groups is 3. The van der Waals surface area contributed by atoms with E-state index in [2.05, 4.69) is 20.9 Å². The van der Waals surface area contributed by atoms with Gasteiger partial charge in [-0.15, -0.1) is 0 Å². The van der Waals surface area contributed by atoms with Crippen molar-refractivity contribution in [2.75, 3.05) is 13.1 Å². The topological polar surface area (TPSA) is 129 Å². The van der Waals surface area contributed by atoms with Crippen LogP contribution in [0, 0.1) is 0 Å². The molecule has 0 aliphatic carbocycles. The normalized spacial score (nSPS) is 16.4. The van der Waals surface area contributed by atoms with Crippen molar-refractivity contribution in [3.05, 3.63) is 70.9 Å². The first-order chi connectivity index (χ1) is 16.7. The van der Waals surface area contributed by atoms with Gasteiger partial charge in [0.05, 0.1) is 17.6 Å². The number of hydrogen-bond acceptors (Lipinski definition) is 5. The molecule has 0 saturated carbocycles. The zero-order valence-corrected chi connectivity index (χ0v) is 20.4. The molecule has 2 heterocycles. The summed E-state index contributed by atoms with van der Waals surface area (Å²) in [5.41, 5.74) is 9.19. The highest BCUT2D eigenvalue weighted by atomic mass is 16.2. The minimum Gasteiger partial charge on any atom is -0.361 e. The number of nitrogens with one attached hydrogen (secondary N) is 4. The molecule has 3 aromatic rings. The van der Waals surface area contributed by atoms with Crippen LogP contribution in [0.3, 0.4) is 0 Å². The average Bonchev–Trinajstić information content (AvgIpc) is 3.24. The number of hydrogen-bond donors (Lipinski definition) is 5. The van der Waals surface area contributed by atoms with Crippen LogP contribution < -0.4 is 21.7 Å². The highest BCUT2D eigenvalue weighted by Gasteiger charge is 2.35. The van der Waals surface area contributed by atoms with Crippen molar-refractivity contribution in [2.45, 2.75) is 51.2 Å². The number of H-pyrrole nitrogens is 1. The molecule has 2 atom stereocenters. The first-order valence-corrected chi connectivity index (χ1v) is 12.0. The van der Waals surface area contributed by atoms with Crippen LogP contribution in [0.25, 0.3) is 10.9 Å². The highest BCUT2D eigenvalue weighted by Crippen LogP contribution is 2.27. The first-order valence-electron chi connectivity index (χ1n) is 12.0. The number of aromatic amines is 1. The molecule has 0 fully saturated rings. The minimum absolute atomic E-state index is 0.133. The Hall–Kier alpha value is -3.49. The minimum atomic E-state index is -1.13. The largest absolute Gasteiger partial charge is 0.361 e. The highest BCUT2D eigenvalue weighted by molar-refractivity contribution is 5.97. The van der Waals surface area contributed by atoms with E-state index in [0.29, 0.717) is 31.5 Å². The zero-order valence-electron chi connectivity index (χ0n) is 20.4. The van der Waals surface area contributed by atoms with Crippen molar-refractivity contribution in [1.82, 2.24) is 20.9 Å². The maximum absolute atomic E-state index is 13.9. The molecular weight excluding hydrogens is 442 g/mol. The molecule has 8 heteroatoms. The van der Waals surface area contributed by atoms with Crippen molar-refractivity contribution >= 4 is 28.5 Å². The molecule has 8 nitrogen and oxygen atoms in total. The number of aromatic nitrogens is 1. The van der Waals surface area contributed by atoms with E-state index in [-0.39, 0.29) is 11.7 Å². The number of rotatable bonds is 8. The van der Waals surface area contributed by atoms with Gasteiger partial charge in [0.15, 0.2) is 5.78 Å². The van der Waals surface area contributed by atoms with Crippen molar-refractivity contribution in [3.63, 3.8) is 0 Å². The van der Waals surface area contributed by atoms with Crippen LogP contribution in [0.5, 0.6) is 0 Å². The van der Waals surface area contributed by atoms with E-state index in [4.69, 9.17) is 5.73 Å². The van der Waals surface area contributed by atoms with Crippen LogP contribution in [0.2, 0.25) is 0 Å². The van der Waals surface area contributed by atoms with Gasteiger partial charge in [-0.2, -0.15) is 0 Å². The van der Waals surface area contributed by atoms with Crippen molar-refractivity contribution < 1.29 is 14.4 Å². The van der Waals surface area contributed by atoms with E-state index in [9.17, 15) is 14.4 Å². The number of carbonyl (C=O) groups excluding carboxylic acids is 3. The van der Waals surface area contributed by atoms with Crippen LogP contribution >= 0.6 is 0 Å². The summed E-state index contributed by atoms with van der Waals surface area (Å²) in [6.07, 6.45) is 2.92. The predicted molar refractivity (Wildman–Crippen MR) is 136 cm³/mol. The van der Waals surface area contributed by atoms with E-state index >= 15 is 0 Å². The SMILES string of the molecule is CCNC(=O)c1ccc2c(c1)CCNC2C(=O)C(Cc1c[nH]c2ccccc12)NC(=O)C(C)(C)N. The summed E-state index contributed by atoms with van der Waals surface area (Å²) in [5.74, 6) is -0.663. The van der Waals surface area contributed by atoms with E-state index in [1.807, 2.05) is 49.5 Å². The van der Waals surface area contributed by atoms with Gasteiger partial charge in [0.2, 0.25) is 5.91 Å². The molecule has 2 aromatic carbocycles. The molecule has 6 N–H and O–H groups in total. The van der Waals surface area contributed by atoms with E-state index < -0.39 is 23.5 Å². The number of nitrogens with two attached hydrogens (primary N) is 1. The Kier molecular flexibility index (Phi) is 7.05. The van der Waals surface area contributed by atoms with Gasteiger partial charge in [0.25, 0.3) is 5.91 Å². The van der Waals surface area contributed by atoms with Gasteiger partial charge in [-0.25, -0.2) is 0 Å². The fraction of sp³-hybridized carbons (Fsp3) is 0.370. The fourth-order valence-electron chi connectivity index (χ4n) is 4.51. The van der Waals surface area contributed by atoms with Gasteiger partial charge in [-0.1, -0.05) is 24.3 Å². The monoisotopic (exact) mass is 475 g/mol. The maximum Gasteiger partial charge on any atom is 0.251 e. The van der Waals surface area contributed by atoms with Crippen molar-refractivity contribution in [3.8, 4) is 0 Å². The molecule has 1 aliphatic heterocycles. The molecule has 35 heavy (non-hydrogen) atoms. The number of benzene rings is 2. The standard InChI is InChI=1S/C27H33N5O3/c1-4-29-25(34)17-9-10-20-16(13-17)11-12-30-23(20)24(33)22(32-26(35)27(2,3)28)14-18-15-31-21-8-6-5-7-19(18)21/h5-10,13,15,22-23,30-31H,4,11-12,14,28H2,1-3H3,(H,29,34)(H,32,35). The van der Waals surface area contributed by atoms with Gasteiger partial charge in [-0.05, 0) is 62.1 Å². The van der Waals surface area contributed by atoms with Crippen LogP contribution in [0.15, 0.2) is 48.7 Å². The molecule has 4 rings (SSSR count). The Balaban J connectivity index is 1.65. The third-order valence-electron chi connectivity index (χ3n) is 6.41. The molecule has 2 amide bonds. The summed E-state index contributed by atoms with van der Waals surface area (Å²) in [5, 5.41) is 10.0. The second-order valence-corrected chi connectivity index (χ2v) is 9.62. The van der Waals surface area contributed by atoms with Crippen LogP contribution in [-0.4, -0.2) is 47.3 Å². The molecule has 0 spiro atoms. The molecule has 0 saturated heterocycles. The molecule has 2 unspecified atom stereocenters. The van der Waals surface area contributed by atoms with E-state index in [1.165, 1.54) is 0 Å². The molecule has 1 aromatic heterocycles. The number of Topliss-reactive ketones (excluding diaryl/α,β-unsaturated/α-hetero) is 1. The summed E-state index contributed by atoms with van der Waals surface area (Å²) >= 11 is 0. The Labute approximate surface area is 205 Å². The lowest BCUT2D eigenvalue weighted by Gasteiger charge is -2.31. The van der Waals surface area contributed by atoms with Gasteiger partial charge in [-0.3, -0.25) is 14.4 Å². The predicted octanol–water partition coefficient (Wildman–Crippen LogP) is 2.14. The van der Waals surface area contributed by atoms with Gasteiger partial charge in [0, 0.05) is 42.2 Å². The molecular formula is C27H33N5O3. The fourth-order valence-corrected chi connectivity index (χ4v) is 4.51. The smallest absolute Gasteiger partial charge is 0.251 e. The second kappa shape index (κ2) is 10.0. The molecule has 184 valence electrons. The Morgan fingerprint density at radius 2 is 1.94 bits per heavy atom. The van der Waals surface area contributed by atoms with Crippen LogP contribution in [0.4, 0.5) is 0 Å². The number of fused-ring (bicyclic) bond motifs is 2. The summed E-state index contributed by atoms with van der Waals surface area (Å²) in [7, 11) is 0. The third kappa shape index (κ3) is 5.28. The van der Waals surface area contributed by atoms with Crippen molar-refractivity contribution in [2.24, 2.45) is 5.73 Å². The maximum atomic E-state index is 13.9. The molecule has 1 aliphatic rings. The zero-order chi connectivity index (χ0) is 25.2.